The van der Waals surface area contributed by atoms with E-state index in [4.69, 9.17) is 33.2 Å². The number of hydrogen-bond donors (Lipinski definition) is 7. The molecule has 1 unspecified atom stereocenters. The number of phosphoric acid groups is 1. The van der Waals surface area contributed by atoms with Gasteiger partial charge < -0.3 is 63.0 Å². The highest BCUT2D eigenvalue weighted by atomic mass is 31.2. The molecule has 0 spiro atoms. The maximum absolute atomic E-state index is 11.2. The molecular formula is C26H65N11O4P-. The highest BCUT2D eigenvalue weighted by Gasteiger charge is 2.10. The zero-order chi connectivity index (χ0) is 31.3. The van der Waals surface area contributed by atoms with Crippen molar-refractivity contribution in [3.05, 3.63) is 0 Å². The Morgan fingerprint density at radius 3 is 1.31 bits per heavy atom. The maximum Gasteiger partial charge on any atom is 0.267 e. The van der Waals surface area contributed by atoms with Crippen molar-refractivity contribution in [1.29, 1.82) is 0 Å². The van der Waals surface area contributed by atoms with Crippen LogP contribution in [-0.2, 0) is 13.6 Å². The first-order valence-corrected chi connectivity index (χ1v) is 17.1. The third-order valence-electron chi connectivity index (χ3n) is 6.97. The standard InChI is InChI=1S/C26H66N11O4P/c1-40-42(38,39)41-26-13-33-12-22-36(19-8-30)21-10-32-11-23-37(20-9-31)25-24-35(18-7-29)15-4-2-3-14-34(16-5-27)17-6-28/h32-33H,2-31H2,1H3,(H,38,39)/p-1. The van der Waals surface area contributed by atoms with Gasteiger partial charge in [0.15, 0.2) is 0 Å². The molecule has 0 aromatic rings. The Hall–Kier alpha value is -0.330. The van der Waals surface area contributed by atoms with Gasteiger partial charge in [0.1, 0.15) is 0 Å². The Balaban J connectivity index is 4.23. The summed E-state index contributed by atoms with van der Waals surface area (Å²) in [5.74, 6) is 0. The molecule has 0 aliphatic rings. The van der Waals surface area contributed by atoms with Crippen LogP contribution in [-0.4, -0.2) is 171 Å². The summed E-state index contributed by atoms with van der Waals surface area (Å²) in [6.45, 7) is 17.3. The van der Waals surface area contributed by atoms with Crippen molar-refractivity contribution in [2.75, 3.05) is 151 Å². The number of unbranched alkanes of at least 4 members (excludes halogenated alkanes) is 2. The van der Waals surface area contributed by atoms with Gasteiger partial charge >= 0.3 is 0 Å². The lowest BCUT2D eigenvalue weighted by molar-refractivity contribution is -0.222. The van der Waals surface area contributed by atoms with Crippen LogP contribution in [0.3, 0.4) is 0 Å². The molecule has 0 aliphatic carbocycles. The van der Waals surface area contributed by atoms with E-state index in [0.29, 0.717) is 45.8 Å². The van der Waals surface area contributed by atoms with Gasteiger partial charge in [-0.25, -0.2) is 0 Å². The molecule has 0 aliphatic heterocycles. The average Bonchev–Trinajstić information content (AvgIpc) is 2.97. The molecule has 0 bridgehead atoms. The van der Waals surface area contributed by atoms with Crippen LogP contribution in [0.2, 0.25) is 0 Å². The second-order valence-corrected chi connectivity index (χ2v) is 11.9. The van der Waals surface area contributed by atoms with Gasteiger partial charge in [0.05, 0.1) is 6.61 Å². The van der Waals surface area contributed by atoms with Gasteiger partial charge in [0, 0.05) is 131 Å². The molecule has 0 aromatic heterocycles. The average molecular weight is 627 g/mol. The molecule has 0 rings (SSSR count). The Labute approximate surface area is 255 Å². The number of phosphoric ester groups is 1. The van der Waals surface area contributed by atoms with Gasteiger partial charge in [-0.05, 0) is 25.9 Å². The van der Waals surface area contributed by atoms with Gasteiger partial charge in [-0.3, -0.25) is 14.4 Å². The number of nitrogens with two attached hydrogens (primary N) is 5. The van der Waals surface area contributed by atoms with E-state index in [0.717, 1.165) is 112 Å². The number of hydrogen-bond acceptors (Lipinski definition) is 15. The van der Waals surface area contributed by atoms with E-state index in [2.05, 4.69) is 34.8 Å². The Morgan fingerprint density at radius 2 is 0.905 bits per heavy atom. The Kier molecular flexibility index (Phi) is 29.2. The van der Waals surface area contributed by atoms with Gasteiger partial charge in [-0.1, -0.05) is 6.42 Å². The molecule has 16 heteroatoms. The fourth-order valence-corrected chi connectivity index (χ4v) is 5.05. The molecule has 1 atom stereocenters. The maximum atomic E-state index is 11.2. The summed E-state index contributed by atoms with van der Waals surface area (Å²) in [6, 6.07) is 0. The molecule has 15 nitrogen and oxygen atoms in total. The fourth-order valence-electron chi connectivity index (χ4n) is 4.63. The summed E-state index contributed by atoms with van der Waals surface area (Å²) in [6.07, 6.45) is 3.52. The van der Waals surface area contributed by atoms with Crippen LogP contribution < -0.4 is 44.2 Å². The monoisotopic (exact) mass is 626 g/mol. The predicted molar refractivity (Wildman–Crippen MR) is 171 cm³/mol. The number of nitrogens with zero attached hydrogens (tertiary/aromatic N) is 4. The topological polar surface area (TPSA) is 226 Å². The Morgan fingerprint density at radius 1 is 0.548 bits per heavy atom. The minimum absolute atomic E-state index is 0.0421. The van der Waals surface area contributed by atoms with Crippen LogP contribution >= 0.6 is 7.82 Å². The minimum Gasteiger partial charge on any atom is -0.756 e. The third-order valence-corrected chi connectivity index (χ3v) is 7.92. The van der Waals surface area contributed by atoms with Crippen LogP contribution in [0.4, 0.5) is 0 Å². The molecular weight excluding hydrogens is 561 g/mol. The van der Waals surface area contributed by atoms with Crippen LogP contribution in [0, 0.1) is 0 Å². The first-order chi connectivity index (χ1) is 20.3. The fraction of sp³-hybridized carbons (Fsp3) is 1.00. The highest BCUT2D eigenvalue weighted by molar-refractivity contribution is 7.45. The van der Waals surface area contributed by atoms with E-state index in [-0.39, 0.29) is 6.61 Å². The largest absolute Gasteiger partial charge is 0.756 e. The summed E-state index contributed by atoms with van der Waals surface area (Å²) in [5.41, 5.74) is 29.0. The zero-order valence-corrected chi connectivity index (χ0v) is 27.3. The molecule has 0 fully saturated rings. The summed E-state index contributed by atoms with van der Waals surface area (Å²) in [5, 5.41) is 6.73. The van der Waals surface area contributed by atoms with Crippen molar-refractivity contribution in [2.24, 2.45) is 28.7 Å². The van der Waals surface area contributed by atoms with Crippen molar-refractivity contribution < 1.29 is 18.5 Å². The Bertz CT molecular complexity index is 625. The first-order valence-electron chi connectivity index (χ1n) is 15.7. The zero-order valence-electron chi connectivity index (χ0n) is 26.4. The van der Waals surface area contributed by atoms with Crippen LogP contribution in [0.25, 0.3) is 0 Å². The quantitative estimate of drug-likeness (QED) is 0.0277. The normalized spacial score (nSPS) is 13.7. The summed E-state index contributed by atoms with van der Waals surface area (Å²) in [4.78, 5) is 20.7. The lowest BCUT2D eigenvalue weighted by Gasteiger charge is -2.28. The van der Waals surface area contributed by atoms with Crippen molar-refractivity contribution in [3.8, 4) is 0 Å². The molecule has 0 aromatic carbocycles. The van der Waals surface area contributed by atoms with Crippen molar-refractivity contribution >= 4 is 7.82 Å². The van der Waals surface area contributed by atoms with Gasteiger partial charge in [-0.15, -0.1) is 0 Å². The molecule has 0 saturated heterocycles. The summed E-state index contributed by atoms with van der Waals surface area (Å²) < 4.78 is 20.2. The molecule has 12 N–H and O–H groups in total. The SMILES string of the molecule is COP(=O)([O-])OCCNCCN(CCN)CCNCCN(CCN)CCN(CCN)CCCCCN(CCN)CCN. The second kappa shape index (κ2) is 29.4. The van der Waals surface area contributed by atoms with Gasteiger partial charge in [0.2, 0.25) is 0 Å². The van der Waals surface area contributed by atoms with Crippen LogP contribution in [0.5, 0.6) is 0 Å². The molecule has 0 radical (unpaired) electrons. The van der Waals surface area contributed by atoms with E-state index in [9.17, 15) is 9.46 Å². The van der Waals surface area contributed by atoms with E-state index in [1.54, 1.807) is 0 Å². The highest BCUT2D eigenvalue weighted by Crippen LogP contribution is 2.36. The summed E-state index contributed by atoms with van der Waals surface area (Å²) in [7, 11) is -3.08. The molecule has 42 heavy (non-hydrogen) atoms. The van der Waals surface area contributed by atoms with E-state index >= 15 is 0 Å². The summed E-state index contributed by atoms with van der Waals surface area (Å²) >= 11 is 0. The van der Waals surface area contributed by atoms with Crippen LogP contribution in [0.15, 0.2) is 0 Å². The lowest BCUT2D eigenvalue weighted by atomic mass is 10.2. The molecule has 0 saturated carbocycles. The smallest absolute Gasteiger partial charge is 0.267 e. The van der Waals surface area contributed by atoms with E-state index in [1.165, 1.54) is 6.42 Å². The third kappa shape index (κ3) is 25.0. The lowest BCUT2D eigenvalue weighted by Crippen LogP contribution is -2.43. The number of nitrogens with one attached hydrogen (secondary N) is 2. The molecule has 0 amide bonds. The van der Waals surface area contributed by atoms with E-state index in [1.807, 2.05) is 0 Å². The van der Waals surface area contributed by atoms with Crippen molar-refractivity contribution in [3.63, 3.8) is 0 Å². The first kappa shape index (κ1) is 41.7. The predicted octanol–water partition coefficient (Wildman–Crippen LogP) is -3.53. The number of rotatable bonds is 33. The second-order valence-electron chi connectivity index (χ2n) is 10.3. The van der Waals surface area contributed by atoms with Gasteiger partial charge in [0.25, 0.3) is 7.82 Å². The van der Waals surface area contributed by atoms with Crippen molar-refractivity contribution in [1.82, 2.24) is 30.2 Å². The van der Waals surface area contributed by atoms with Crippen LogP contribution in [0.1, 0.15) is 19.3 Å². The molecule has 0 heterocycles. The van der Waals surface area contributed by atoms with E-state index < -0.39 is 7.82 Å². The van der Waals surface area contributed by atoms with Gasteiger partial charge in [-0.2, -0.15) is 0 Å². The minimum atomic E-state index is -4.16. The molecule has 254 valence electrons. The van der Waals surface area contributed by atoms with Crippen molar-refractivity contribution in [2.45, 2.75) is 19.3 Å².